The van der Waals surface area contributed by atoms with Gasteiger partial charge >= 0.3 is 0 Å². The Labute approximate surface area is 204 Å². The molecule has 0 saturated heterocycles. The summed E-state index contributed by atoms with van der Waals surface area (Å²) in [4.78, 5) is 0. The highest BCUT2D eigenvalue weighted by Gasteiger charge is 2.42. The minimum Gasteiger partial charge on any atom is -0.463 e. The number of hydrazone groups is 1. The Morgan fingerprint density at radius 3 is 2.50 bits per heavy atom. The Kier molecular flexibility index (Phi) is 4.85. The van der Waals surface area contributed by atoms with E-state index in [1.165, 1.54) is 16.3 Å². The molecule has 2 aliphatic heterocycles. The summed E-state index contributed by atoms with van der Waals surface area (Å²) in [6.45, 7) is 2.10. The van der Waals surface area contributed by atoms with Crippen LogP contribution in [0.4, 0.5) is 0 Å². The molecule has 0 N–H and O–H groups in total. The maximum atomic E-state index is 6.56. The van der Waals surface area contributed by atoms with Gasteiger partial charge < -0.3 is 4.74 Å². The van der Waals surface area contributed by atoms with E-state index in [9.17, 15) is 0 Å². The van der Waals surface area contributed by atoms with Gasteiger partial charge in [0, 0.05) is 22.0 Å². The lowest BCUT2D eigenvalue weighted by atomic mass is 9.95. The van der Waals surface area contributed by atoms with Crippen LogP contribution in [0.15, 0.2) is 92.9 Å². The number of nitrogens with zero attached hydrogens (tertiary/aromatic N) is 2. The molecular weight excluding hydrogens is 528 g/mol. The first-order valence-electron chi connectivity index (χ1n) is 10.6. The van der Waals surface area contributed by atoms with Gasteiger partial charge in [-0.15, -0.1) is 0 Å². The molecule has 32 heavy (non-hydrogen) atoms. The van der Waals surface area contributed by atoms with Crippen molar-refractivity contribution in [3.8, 4) is 5.75 Å². The van der Waals surface area contributed by atoms with E-state index in [-0.39, 0.29) is 12.3 Å². The van der Waals surface area contributed by atoms with E-state index in [4.69, 9.17) is 9.84 Å². The maximum absolute atomic E-state index is 6.56. The van der Waals surface area contributed by atoms with Crippen LogP contribution < -0.4 is 4.74 Å². The van der Waals surface area contributed by atoms with E-state index < -0.39 is 0 Å². The highest BCUT2D eigenvalue weighted by molar-refractivity contribution is 9.11. The van der Waals surface area contributed by atoms with E-state index in [0.717, 1.165) is 43.5 Å². The molecular formula is C27H20Br2N2O. The average molecular weight is 548 g/mol. The number of hydrogen-bond acceptors (Lipinski definition) is 3. The first kappa shape index (κ1) is 20.0. The van der Waals surface area contributed by atoms with Crippen molar-refractivity contribution in [3.05, 3.63) is 110 Å². The highest BCUT2D eigenvalue weighted by atomic mass is 79.9. The minimum atomic E-state index is -0.275. The van der Waals surface area contributed by atoms with Crippen LogP contribution in [0, 0.1) is 6.92 Å². The van der Waals surface area contributed by atoms with Gasteiger partial charge in [-0.3, -0.25) is 0 Å². The molecule has 2 atom stereocenters. The van der Waals surface area contributed by atoms with E-state index in [1.807, 2.05) is 6.07 Å². The van der Waals surface area contributed by atoms with Crippen LogP contribution in [0.2, 0.25) is 0 Å². The topological polar surface area (TPSA) is 24.8 Å². The largest absolute Gasteiger partial charge is 0.463 e. The number of ether oxygens (including phenoxy) is 1. The third-order valence-corrected chi connectivity index (χ3v) is 7.30. The van der Waals surface area contributed by atoms with Crippen molar-refractivity contribution in [3.63, 3.8) is 0 Å². The second kappa shape index (κ2) is 7.75. The Morgan fingerprint density at radius 1 is 0.906 bits per heavy atom. The molecule has 0 fully saturated rings. The summed E-state index contributed by atoms with van der Waals surface area (Å²) in [5, 5.41) is 9.73. The second-order valence-electron chi connectivity index (χ2n) is 8.40. The molecule has 0 aromatic heterocycles. The van der Waals surface area contributed by atoms with E-state index >= 15 is 0 Å². The number of aryl methyl sites for hydroxylation is 1. The van der Waals surface area contributed by atoms with Gasteiger partial charge in [-0.05, 0) is 57.4 Å². The first-order chi connectivity index (χ1) is 15.6. The summed E-state index contributed by atoms with van der Waals surface area (Å²) in [6, 6.07) is 27.9. The molecule has 0 bridgehead atoms. The van der Waals surface area contributed by atoms with Gasteiger partial charge in [-0.1, -0.05) is 82.2 Å². The van der Waals surface area contributed by atoms with Gasteiger partial charge in [0.2, 0.25) is 6.23 Å². The molecule has 0 spiro atoms. The number of rotatable bonds is 2. The molecule has 0 unspecified atom stereocenters. The summed E-state index contributed by atoms with van der Waals surface area (Å²) < 4.78 is 8.55. The van der Waals surface area contributed by atoms with Crippen LogP contribution in [-0.4, -0.2) is 10.7 Å². The van der Waals surface area contributed by atoms with Crippen molar-refractivity contribution >= 4 is 48.3 Å². The van der Waals surface area contributed by atoms with Gasteiger partial charge in [-0.25, -0.2) is 5.01 Å². The zero-order chi connectivity index (χ0) is 21.8. The van der Waals surface area contributed by atoms with Gasteiger partial charge in [0.15, 0.2) is 0 Å². The fourth-order valence-electron chi connectivity index (χ4n) is 4.61. The Hall–Kier alpha value is -2.63. The smallest absolute Gasteiger partial charge is 0.213 e. The lowest BCUT2D eigenvalue weighted by Crippen LogP contribution is -2.33. The SMILES string of the molecule is Cc1ccc([C@H]2Oc3c(Br)cc(Br)cc3[C@@H]3CC(c4ccc5ccccc5c4)=NN23)cc1. The third kappa shape index (κ3) is 3.35. The predicted molar refractivity (Wildman–Crippen MR) is 136 cm³/mol. The molecule has 158 valence electrons. The molecule has 4 aromatic rings. The van der Waals surface area contributed by atoms with Gasteiger partial charge in [0.05, 0.1) is 16.2 Å². The summed E-state index contributed by atoms with van der Waals surface area (Å²) in [5.41, 5.74) is 5.73. The van der Waals surface area contributed by atoms with Crippen LogP contribution in [-0.2, 0) is 0 Å². The third-order valence-electron chi connectivity index (χ3n) is 6.25. The molecule has 2 aliphatic rings. The van der Waals surface area contributed by atoms with Crippen molar-refractivity contribution in [2.75, 3.05) is 0 Å². The normalized spacial score (nSPS) is 19.3. The fourth-order valence-corrected chi connectivity index (χ4v) is 5.96. The lowest BCUT2D eigenvalue weighted by molar-refractivity contribution is -0.0197. The number of hydrogen-bond donors (Lipinski definition) is 0. The summed E-state index contributed by atoms with van der Waals surface area (Å²) in [6.07, 6.45) is 0.559. The highest BCUT2D eigenvalue weighted by Crippen LogP contribution is 2.50. The van der Waals surface area contributed by atoms with E-state index in [0.29, 0.717) is 0 Å². The van der Waals surface area contributed by atoms with Crippen molar-refractivity contribution in [1.82, 2.24) is 5.01 Å². The summed E-state index contributed by atoms with van der Waals surface area (Å²) in [5.74, 6) is 0.898. The lowest BCUT2D eigenvalue weighted by Gasteiger charge is -2.38. The molecule has 0 saturated carbocycles. The first-order valence-corrected chi connectivity index (χ1v) is 12.2. The van der Waals surface area contributed by atoms with Crippen LogP contribution in [0.25, 0.3) is 10.8 Å². The second-order valence-corrected chi connectivity index (χ2v) is 10.2. The fraction of sp³-hybridized carbons (Fsp3) is 0.148. The predicted octanol–water partition coefficient (Wildman–Crippen LogP) is 7.92. The Morgan fingerprint density at radius 2 is 1.69 bits per heavy atom. The zero-order valence-electron chi connectivity index (χ0n) is 17.4. The Balaban J connectivity index is 1.47. The molecule has 3 nitrogen and oxygen atoms in total. The van der Waals surface area contributed by atoms with Crippen molar-refractivity contribution in [1.29, 1.82) is 0 Å². The maximum Gasteiger partial charge on any atom is 0.213 e. The molecule has 0 amide bonds. The van der Waals surface area contributed by atoms with Gasteiger partial charge in [-0.2, -0.15) is 5.10 Å². The molecule has 5 heteroatoms. The molecule has 6 rings (SSSR count). The average Bonchev–Trinajstić information content (AvgIpc) is 3.25. The molecule has 0 aliphatic carbocycles. The quantitative estimate of drug-likeness (QED) is 0.254. The zero-order valence-corrected chi connectivity index (χ0v) is 20.6. The van der Waals surface area contributed by atoms with E-state index in [1.54, 1.807) is 0 Å². The monoisotopic (exact) mass is 546 g/mol. The Bertz CT molecular complexity index is 1380. The number of fused-ring (bicyclic) bond motifs is 4. The van der Waals surface area contributed by atoms with Crippen LogP contribution in [0.5, 0.6) is 5.75 Å². The van der Waals surface area contributed by atoms with Crippen molar-refractivity contribution in [2.45, 2.75) is 25.6 Å². The van der Waals surface area contributed by atoms with Crippen molar-refractivity contribution < 1.29 is 4.74 Å². The summed E-state index contributed by atoms with van der Waals surface area (Å²) >= 11 is 7.37. The van der Waals surface area contributed by atoms with Crippen LogP contribution in [0.3, 0.4) is 0 Å². The molecule has 0 radical (unpaired) electrons. The number of halogens is 2. The van der Waals surface area contributed by atoms with E-state index in [2.05, 4.69) is 117 Å². The number of benzene rings is 4. The molecule has 2 heterocycles. The van der Waals surface area contributed by atoms with Gasteiger partial charge in [0.25, 0.3) is 0 Å². The van der Waals surface area contributed by atoms with Crippen LogP contribution in [0.1, 0.15) is 40.9 Å². The summed E-state index contributed by atoms with van der Waals surface area (Å²) in [7, 11) is 0. The standard InChI is InChI=1S/C27H20Br2N2O/c1-16-6-8-18(9-7-16)27-31-25(22-13-21(28)14-23(29)26(22)32-27)15-24(30-31)20-11-10-17-4-2-3-5-19(17)12-20/h2-14,25,27H,15H2,1H3/t25-,27+/m0/s1. The minimum absolute atomic E-state index is 0.111. The van der Waals surface area contributed by atoms with Gasteiger partial charge in [0.1, 0.15) is 5.75 Å². The van der Waals surface area contributed by atoms with Crippen LogP contribution >= 0.6 is 31.9 Å². The van der Waals surface area contributed by atoms with Crippen molar-refractivity contribution in [2.24, 2.45) is 5.10 Å². The molecule has 4 aromatic carbocycles.